The minimum Gasteiger partial charge on any atom is -0.496 e. The van der Waals surface area contributed by atoms with Gasteiger partial charge in [0.15, 0.2) is 0 Å². The number of nitrogens with one attached hydrogen (secondary N) is 1. The Morgan fingerprint density at radius 2 is 1.55 bits per heavy atom. The Kier molecular flexibility index (Phi) is 6.10. The third-order valence-electron chi connectivity index (χ3n) is 2.64. The highest BCUT2D eigenvalue weighted by molar-refractivity contribution is 5.41. The summed E-state index contributed by atoms with van der Waals surface area (Å²) in [6.07, 6.45) is -0.577. The predicted octanol–water partition coefficient (Wildman–Crippen LogP) is 1.83. The van der Waals surface area contributed by atoms with Crippen LogP contribution in [-0.2, 0) is 0 Å². The van der Waals surface area contributed by atoms with Gasteiger partial charge in [-0.25, -0.2) is 0 Å². The Morgan fingerprint density at radius 1 is 1.05 bits per heavy atom. The van der Waals surface area contributed by atoms with Crippen LogP contribution < -0.4 is 19.5 Å². The molecule has 0 aliphatic heterocycles. The molecule has 0 aliphatic rings. The third-order valence-corrected chi connectivity index (χ3v) is 2.64. The molecule has 1 atom stereocenters. The van der Waals surface area contributed by atoms with E-state index >= 15 is 0 Å². The number of β-amino-alcohol motifs (C(OH)–C–C–N with tert-alkyl or cyclic N) is 1. The zero-order valence-corrected chi connectivity index (χ0v) is 12.9. The van der Waals surface area contributed by atoms with Gasteiger partial charge in [-0.05, 0) is 20.8 Å². The molecular weight excluding hydrogens is 258 g/mol. The SMILES string of the molecule is COc1cc(OC)cc(OCC(O)CNC(C)(C)C)c1. The molecule has 0 aliphatic carbocycles. The minimum atomic E-state index is -0.577. The van der Waals surface area contributed by atoms with Crippen molar-refractivity contribution in [1.29, 1.82) is 0 Å². The molecule has 1 aromatic rings. The monoisotopic (exact) mass is 283 g/mol. The van der Waals surface area contributed by atoms with Gasteiger partial charge in [0.25, 0.3) is 0 Å². The molecule has 2 N–H and O–H groups in total. The first-order valence-electron chi connectivity index (χ1n) is 6.63. The van der Waals surface area contributed by atoms with Gasteiger partial charge in [-0.3, -0.25) is 0 Å². The summed E-state index contributed by atoms with van der Waals surface area (Å²) in [6, 6.07) is 5.28. The van der Waals surface area contributed by atoms with Crippen LogP contribution in [0, 0.1) is 0 Å². The van der Waals surface area contributed by atoms with Crippen molar-refractivity contribution in [3.63, 3.8) is 0 Å². The zero-order valence-electron chi connectivity index (χ0n) is 12.9. The maximum atomic E-state index is 9.88. The summed E-state index contributed by atoms with van der Waals surface area (Å²) in [5, 5.41) is 13.1. The first-order valence-corrected chi connectivity index (χ1v) is 6.63. The third kappa shape index (κ3) is 6.12. The van der Waals surface area contributed by atoms with Crippen LogP contribution in [0.5, 0.6) is 17.2 Å². The minimum absolute atomic E-state index is 0.0276. The summed E-state index contributed by atoms with van der Waals surface area (Å²) < 4.78 is 15.9. The molecule has 20 heavy (non-hydrogen) atoms. The van der Waals surface area contributed by atoms with Gasteiger partial charge in [-0.15, -0.1) is 0 Å². The second-order valence-electron chi connectivity index (χ2n) is 5.64. The van der Waals surface area contributed by atoms with E-state index in [1.165, 1.54) is 0 Å². The molecule has 5 heteroatoms. The van der Waals surface area contributed by atoms with E-state index in [1.807, 2.05) is 20.8 Å². The normalized spacial score (nSPS) is 12.9. The van der Waals surface area contributed by atoms with E-state index < -0.39 is 6.10 Å². The van der Waals surface area contributed by atoms with Crippen LogP contribution in [0.15, 0.2) is 18.2 Å². The maximum absolute atomic E-state index is 9.88. The molecule has 0 radical (unpaired) electrons. The summed E-state index contributed by atoms with van der Waals surface area (Å²) in [6.45, 7) is 6.83. The molecule has 0 bridgehead atoms. The Bertz CT molecular complexity index is 393. The first kappa shape index (κ1) is 16.6. The Balaban J connectivity index is 2.52. The van der Waals surface area contributed by atoms with Gasteiger partial charge in [0.1, 0.15) is 30.0 Å². The average Bonchev–Trinajstić information content (AvgIpc) is 2.41. The molecule has 114 valence electrons. The van der Waals surface area contributed by atoms with E-state index in [2.05, 4.69) is 5.32 Å². The van der Waals surface area contributed by atoms with Crippen molar-refractivity contribution in [2.24, 2.45) is 0 Å². The fourth-order valence-corrected chi connectivity index (χ4v) is 1.54. The van der Waals surface area contributed by atoms with Crippen molar-refractivity contribution < 1.29 is 19.3 Å². The summed E-state index contributed by atoms with van der Waals surface area (Å²) in [5.74, 6) is 1.92. The summed E-state index contributed by atoms with van der Waals surface area (Å²) >= 11 is 0. The fourth-order valence-electron chi connectivity index (χ4n) is 1.54. The van der Waals surface area contributed by atoms with Crippen molar-refractivity contribution in [3.8, 4) is 17.2 Å². The van der Waals surface area contributed by atoms with Crippen LogP contribution in [0.3, 0.4) is 0 Å². The Labute approximate surface area is 120 Å². The van der Waals surface area contributed by atoms with E-state index in [0.717, 1.165) is 0 Å². The lowest BCUT2D eigenvalue weighted by Crippen LogP contribution is -2.42. The highest BCUT2D eigenvalue weighted by Crippen LogP contribution is 2.27. The molecule has 1 rings (SSSR count). The van der Waals surface area contributed by atoms with Gasteiger partial charge >= 0.3 is 0 Å². The standard InChI is InChI=1S/C15H25NO4/c1-15(2,3)16-9-11(17)10-20-14-7-12(18-4)6-13(8-14)19-5/h6-8,11,16-17H,9-10H2,1-5H3. The maximum Gasteiger partial charge on any atom is 0.126 e. The van der Waals surface area contributed by atoms with Gasteiger partial charge in [0, 0.05) is 30.3 Å². The summed E-state index contributed by atoms with van der Waals surface area (Å²) in [5.41, 5.74) is -0.0276. The second kappa shape index (κ2) is 7.36. The molecule has 0 saturated carbocycles. The number of methoxy groups -OCH3 is 2. The van der Waals surface area contributed by atoms with Gasteiger partial charge in [0.2, 0.25) is 0 Å². The van der Waals surface area contributed by atoms with Crippen LogP contribution in [0.4, 0.5) is 0 Å². The highest BCUT2D eigenvalue weighted by atomic mass is 16.5. The van der Waals surface area contributed by atoms with Crippen LogP contribution in [0.2, 0.25) is 0 Å². The van der Waals surface area contributed by atoms with E-state index in [0.29, 0.717) is 23.8 Å². The number of ether oxygens (including phenoxy) is 3. The van der Waals surface area contributed by atoms with E-state index in [4.69, 9.17) is 14.2 Å². The topological polar surface area (TPSA) is 60.0 Å². The molecule has 0 spiro atoms. The lowest BCUT2D eigenvalue weighted by Gasteiger charge is -2.23. The van der Waals surface area contributed by atoms with Crippen molar-refractivity contribution in [3.05, 3.63) is 18.2 Å². The van der Waals surface area contributed by atoms with Crippen LogP contribution in [-0.4, -0.2) is 44.1 Å². The number of aliphatic hydroxyl groups excluding tert-OH is 1. The Morgan fingerprint density at radius 3 is 2.00 bits per heavy atom. The van der Waals surface area contributed by atoms with Gasteiger partial charge in [-0.2, -0.15) is 0 Å². The molecule has 5 nitrogen and oxygen atoms in total. The van der Waals surface area contributed by atoms with Crippen molar-refractivity contribution >= 4 is 0 Å². The van der Waals surface area contributed by atoms with Crippen LogP contribution >= 0.6 is 0 Å². The predicted molar refractivity (Wildman–Crippen MR) is 78.8 cm³/mol. The lowest BCUT2D eigenvalue weighted by atomic mass is 10.1. The quantitative estimate of drug-likeness (QED) is 0.799. The summed E-state index contributed by atoms with van der Waals surface area (Å²) in [4.78, 5) is 0. The van der Waals surface area contributed by atoms with Crippen LogP contribution in [0.25, 0.3) is 0 Å². The van der Waals surface area contributed by atoms with Gasteiger partial charge < -0.3 is 24.6 Å². The number of hydrogen-bond acceptors (Lipinski definition) is 5. The smallest absolute Gasteiger partial charge is 0.126 e. The van der Waals surface area contributed by atoms with E-state index in [1.54, 1.807) is 32.4 Å². The molecule has 0 saturated heterocycles. The van der Waals surface area contributed by atoms with E-state index in [-0.39, 0.29) is 12.1 Å². The number of rotatable bonds is 7. The first-order chi connectivity index (χ1) is 9.34. The van der Waals surface area contributed by atoms with Crippen molar-refractivity contribution in [2.75, 3.05) is 27.4 Å². The van der Waals surface area contributed by atoms with Crippen molar-refractivity contribution in [1.82, 2.24) is 5.32 Å². The molecule has 0 heterocycles. The molecule has 0 amide bonds. The number of hydrogen-bond donors (Lipinski definition) is 2. The fraction of sp³-hybridized carbons (Fsp3) is 0.600. The Hall–Kier alpha value is -1.46. The van der Waals surface area contributed by atoms with E-state index in [9.17, 15) is 5.11 Å². The molecule has 1 unspecified atom stereocenters. The van der Waals surface area contributed by atoms with Crippen LogP contribution in [0.1, 0.15) is 20.8 Å². The molecule has 0 fully saturated rings. The lowest BCUT2D eigenvalue weighted by molar-refractivity contribution is 0.0998. The number of aliphatic hydroxyl groups is 1. The van der Waals surface area contributed by atoms with Crippen molar-refractivity contribution in [2.45, 2.75) is 32.4 Å². The van der Waals surface area contributed by atoms with Gasteiger partial charge in [-0.1, -0.05) is 0 Å². The largest absolute Gasteiger partial charge is 0.496 e. The zero-order chi connectivity index (χ0) is 15.2. The number of benzene rings is 1. The second-order valence-corrected chi connectivity index (χ2v) is 5.64. The average molecular weight is 283 g/mol. The van der Waals surface area contributed by atoms with Gasteiger partial charge in [0.05, 0.1) is 14.2 Å². The molecule has 1 aromatic carbocycles. The molecular formula is C15H25NO4. The highest BCUT2D eigenvalue weighted by Gasteiger charge is 2.13. The molecule has 0 aromatic heterocycles. The summed E-state index contributed by atoms with van der Waals surface area (Å²) in [7, 11) is 3.17.